The molecule has 192 valence electrons. The Morgan fingerprint density at radius 3 is 2.71 bits per heavy atom. The lowest BCUT2D eigenvalue weighted by Gasteiger charge is -2.18. The fraction of sp³-hybridized carbons (Fsp3) is 0.241. The summed E-state index contributed by atoms with van der Waals surface area (Å²) in [7, 11) is 0. The molecule has 9 nitrogen and oxygen atoms in total. The molecule has 0 atom stereocenters. The smallest absolute Gasteiger partial charge is 0.324 e. The molecule has 5 rings (SSSR count). The summed E-state index contributed by atoms with van der Waals surface area (Å²) in [6.45, 7) is 8.03. The van der Waals surface area contributed by atoms with E-state index in [4.69, 9.17) is 9.84 Å². The number of anilines is 2. The molecular weight excluding hydrogens is 478 g/mol. The summed E-state index contributed by atoms with van der Waals surface area (Å²) in [6, 6.07) is 18.2. The van der Waals surface area contributed by atoms with Crippen molar-refractivity contribution in [1.29, 1.82) is 5.26 Å². The lowest BCUT2D eigenvalue weighted by atomic mass is 9.92. The summed E-state index contributed by atoms with van der Waals surface area (Å²) in [4.78, 5) is 17.2. The fourth-order valence-electron chi connectivity index (χ4n) is 4.25. The molecule has 3 heterocycles. The van der Waals surface area contributed by atoms with Crippen molar-refractivity contribution in [2.24, 2.45) is 0 Å². The van der Waals surface area contributed by atoms with E-state index in [1.807, 2.05) is 12.1 Å². The van der Waals surface area contributed by atoms with Crippen LogP contribution in [0.4, 0.5) is 16.3 Å². The Balaban J connectivity index is 1.41. The van der Waals surface area contributed by atoms with Crippen molar-refractivity contribution in [2.45, 2.75) is 39.2 Å². The molecule has 2 aromatic heterocycles. The summed E-state index contributed by atoms with van der Waals surface area (Å²) in [5.41, 5.74) is 4.85. The molecule has 0 radical (unpaired) electrons. The van der Waals surface area contributed by atoms with Crippen LogP contribution in [0.2, 0.25) is 0 Å². The van der Waals surface area contributed by atoms with Crippen LogP contribution in [-0.4, -0.2) is 27.3 Å². The van der Waals surface area contributed by atoms with Crippen LogP contribution < -0.4 is 20.7 Å². The van der Waals surface area contributed by atoms with Gasteiger partial charge in [-0.15, -0.1) is 0 Å². The van der Waals surface area contributed by atoms with Crippen molar-refractivity contribution >= 4 is 17.5 Å². The van der Waals surface area contributed by atoms with E-state index in [9.17, 15) is 10.1 Å². The molecule has 1 aliphatic heterocycles. The average molecular weight is 508 g/mol. The van der Waals surface area contributed by atoms with Gasteiger partial charge < -0.3 is 15.4 Å². The normalized spacial score (nSPS) is 12.8. The molecule has 9 heteroatoms. The summed E-state index contributed by atoms with van der Waals surface area (Å²) in [5, 5.41) is 23.5. The van der Waals surface area contributed by atoms with Crippen LogP contribution in [0.3, 0.4) is 0 Å². The van der Waals surface area contributed by atoms with Gasteiger partial charge in [0.2, 0.25) is 0 Å². The minimum Gasteiger partial charge on any atom is -0.456 e. The largest absolute Gasteiger partial charge is 0.456 e. The van der Waals surface area contributed by atoms with Crippen LogP contribution in [-0.2, 0) is 18.4 Å². The molecule has 1 aliphatic rings. The van der Waals surface area contributed by atoms with Crippen LogP contribution in [0.25, 0.3) is 5.69 Å². The third-order valence-electron chi connectivity index (χ3n) is 6.20. The number of nitriles is 1. The standard InChI is InChI=1S/C29H29N7O2/c1-29(2,3)26-15-27(36(35-26)23-7-6-21-17-32-10-8-20(21)13-23)34-28(37)33-22-11-19(16-30)12-25(14-22)38-24-5-4-9-31-18-24/h4-7,9,11-15,18,32H,8,10,17H2,1-3H3,(H2,33,34,37). The number of carbonyl (C=O) groups excluding carboxylic acids is 1. The Bertz CT molecular complexity index is 1510. The number of hydrogen-bond acceptors (Lipinski definition) is 6. The van der Waals surface area contributed by atoms with E-state index in [1.54, 1.807) is 47.4 Å². The molecule has 0 saturated heterocycles. The zero-order valence-corrected chi connectivity index (χ0v) is 21.6. The van der Waals surface area contributed by atoms with Crippen LogP contribution >= 0.6 is 0 Å². The molecule has 0 aliphatic carbocycles. The second-order valence-corrected chi connectivity index (χ2v) is 10.2. The number of hydrogen-bond donors (Lipinski definition) is 3. The molecule has 2 aromatic carbocycles. The predicted molar refractivity (Wildman–Crippen MR) is 146 cm³/mol. The van der Waals surface area contributed by atoms with E-state index >= 15 is 0 Å². The molecule has 3 N–H and O–H groups in total. The number of nitrogens with one attached hydrogen (secondary N) is 3. The summed E-state index contributed by atoms with van der Waals surface area (Å²) >= 11 is 0. The van der Waals surface area contributed by atoms with E-state index in [0.29, 0.717) is 28.6 Å². The summed E-state index contributed by atoms with van der Waals surface area (Å²) < 4.78 is 7.59. The van der Waals surface area contributed by atoms with Crippen molar-refractivity contribution in [3.05, 3.63) is 89.4 Å². The van der Waals surface area contributed by atoms with Crippen molar-refractivity contribution in [3.63, 3.8) is 0 Å². The third kappa shape index (κ3) is 5.66. The van der Waals surface area contributed by atoms with Crippen molar-refractivity contribution in [1.82, 2.24) is 20.1 Å². The van der Waals surface area contributed by atoms with Gasteiger partial charge in [0, 0.05) is 36.0 Å². The van der Waals surface area contributed by atoms with Gasteiger partial charge in [-0.2, -0.15) is 10.4 Å². The number of carbonyl (C=O) groups is 1. The quantitative estimate of drug-likeness (QED) is 0.328. The number of amides is 2. The zero-order chi connectivity index (χ0) is 26.7. The Hall–Kier alpha value is -4.68. The van der Waals surface area contributed by atoms with Gasteiger partial charge in [0.25, 0.3) is 0 Å². The number of urea groups is 1. The summed E-state index contributed by atoms with van der Waals surface area (Å²) in [6.07, 6.45) is 4.16. The highest BCUT2D eigenvalue weighted by molar-refractivity contribution is 5.99. The number of ether oxygens (including phenoxy) is 1. The van der Waals surface area contributed by atoms with Gasteiger partial charge in [0.15, 0.2) is 0 Å². The number of nitrogens with zero attached hydrogens (tertiary/aromatic N) is 4. The van der Waals surface area contributed by atoms with Crippen LogP contribution in [0.1, 0.15) is 43.2 Å². The van der Waals surface area contributed by atoms with Gasteiger partial charge in [-0.1, -0.05) is 26.8 Å². The molecule has 0 bridgehead atoms. The summed E-state index contributed by atoms with van der Waals surface area (Å²) in [5.74, 6) is 1.48. The molecule has 0 unspecified atom stereocenters. The highest BCUT2D eigenvalue weighted by atomic mass is 16.5. The van der Waals surface area contributed by atoms with Crippen LogP contribution in [0.5, 0.6) is 11.5 Å². The number of benzene rings is 2. The molecule has 0 saturated carbocycles. The first-order chi connectivity index (χ1) is 18.3. The van der Waals surface area contributed by atoms with Gasteiger partial charge in [-0.05, 0) is 60.5 Å². The van der Waals surface area contributed by atoms with Crippen LogP contribution in [0, 0.1) is 11.3 Å². The van der Waals surface area contributed by atoms with E-state index in [2.05, 4.69) is 59.9 Å². The first-order valence-electron chi connectivity index (χ1n) is 12.4. The fourth-order valence-corrected chi connectivity index (χ4v) is 4.25. The number of rotatable bonds is 5. The van der Waals surface area contributed by atoms with E-state index in [0.717, 1.165) is 30.9 Å². The second kappa shape index (κ2) is 10.4. The van der Waals surface area contributed by atoms with Crippen molar-refractivity contribution in [3.8, 4) is 23.3 Å². The maximum Gasteiger partial charge on any atom is 0.324 e. The molecule has 0 fully saturated rings. The minimum absolute atomic E-state index is 0.212. The van der Waals surface area contributed by atoms with E-state index < -0.39 is 6.03 Å². The van der Waals surface area contributed by atoms with E-state index in [1.165, 1.54) is 11.1 Å². The average Bonchev–Trinajstić information content (AvgIpc) is 3.33. The Labute approximate surface area is 221 Å². The Morgan fingerprint density at radius 1 is 1.08 bits per heavy atom. The monoisotopic (exact) mass is 507 g/mol. The lowest BCUT2D eigenvalue weighted by molar-refractivity contribution is 0.262. The van der Waals surface area contributed by atoms with Gasteiger partial charge in [-0.25, -0.2) is 9.48 Å². The van der Waals surface area contributed by atoms with Gasteiger partial charge >= 0.3 is 6.03 Å². The predicted octanol–water partition coefficient (Wildman–Crippen LogP) is 5.52. The van der Waals surface area contributed by atoms with E-state index in [-0.39, 0.29) is 5.41 Å². The molecule has 4 aromatic rings. The Morgan fingerprint density at radius 2 is 1.95 bits per heavy atom. The highest BCUT2D eigenvalue weighted by Crippen LogP contribution is 2.29. The van der Waals surface area contributed by atoms with Crippen molar-refractivity contribution in [2.75, 3.05) is 17.2 Å². The maximum absolute atomic E-state index is 13.1. The Kier molecular flexibility index (Phi) is 6.81. The zero-order valence-electron chi connectivity index (χ0n) is 21.6. The van der Waals surface area contributed by atoms with Gasteiger partial charge in [-0.3, -0.25) is 10.3 Å². The van der Waals surface area contributed by atoms with Crippen LogP contribution in [0.15, 0.2) is 67.0 Å². The first-order valence-corrected chi connectivity index (χ1v) is 12.4. The minimum atomic E-state index is -0.462. The second-order valence-electron chi connectivity index (χ2n) is 10.2. The highest BCUT2D eigenvalue weighted by Gasteiger charge is 2.22. The number of aromatic nitrogens is 3. The molecular formula is C29H29N7O2. The maximum atomic E-state index is 13.1. The molecule has 38 heavy (non-hydrogen) atoms. The lowest BCUT2D eigenvalue weighted by Crippen LogP contribution is -2.24. The first kappa shape index (κ1) is 25.0. The van der Waals surface area contributed by atoms with Gasteiger partial charge in [0.05, 0.1) is 29.2 Å². The number of fused-ring (bicyclic) bond motifs is 1. The van der Waals surface area contributed by atoms with Gasteiger partial charge in [0.1, 0.15) is 17.3 Å². The third-order valence-corrected chi connectivity index (χ3v) is 6.20. The SMILES string of the molecule is CC(C)(C)c1cc(NC(=O)Nc2cc(C#N)cc(Oc3cccnc3)c2)n(-c2ccc3c(c2)CCNC3)n1. The molecule has 2 amide bonds. The molecule has 0 spiro atoms. The topological polar surface area (TPSA) is 117 Å². The van der Waals surface area contributed by atoms with Crippen molar-refractivity contribution < 1.29 is 9.53 Å². The number of pyridine rings is 1.